The summed E-state index contributed by atoms with van der Waals surface area (Å²) in [6.07, 6.45) is 3.43. The number of hydrogen-bond donors (Lipinski definition) is 5. The van der Waals surface area contributed by atoms with Gasteiger partial charge in [0, 0.05) is 71.0 Å². The molecule has 0 bridgehead atoms. The molecule has 3 rings (SSSR count). The maximum atomic E-state index is 12.6. The Hall–Kier alpha value is -3.54. The van der Waals surface area contributed by atoms with Gasteiger partial charge in [0.25, 0.3) is 0 Å². The van der Waals surface area contributed by atoms with E-state index in [4.69, 9.17) is 16.9 Å². The highest BCUT2D eigenvalue weighted by atomic mass is 16.2. The molecule has 12 nitrogen and oxygen atoms in total. The number of nitrogens with zero attached hydrogens (tertiary/aromatic N) is 4. The molecule has 7 N–H and O–H groups in total. The molecule has 2 heterocycles. The highest BCUT2D eigenvalue weighted by Crippen LogP contribution is 2.11. The van der Waals surface area contributed by atoms with Crippen LogP contribution in [0.2, 0.25) is 0 Å². The maximum absolute atomic E-state index is 12.6. The molecule has 0 aromatic heterocycles. The van der Waals surface area contributed by atoms with Gasteiger partial charge in [0.15, 0.2) is 5.96 Å². The van der Waals surface area contributed by atoms with Crippen LogP contribution >= 0.6 is 0 Å². The SMILES string of the molecule is N=C(N)Nc1ccc(CNC(=O)N2CCN(C(=O)CCCCCN3CCN(C(N)=O)CC3)CC2)cc1. The quantitative estimate of drug-likeness (QED) is 0.189. The van der Waals surface area contributed by atoms with Crippen molar-refractivity contribution in [3.63, 3.8) is 0 Å². The van der Waals surface area contributed by atoms with Gasteiger partial charge in [-0.3, -0.25) is 15.1 Å². The molecular formula is C24H39N9O3. The average molecular weight is 502 g/mol. The molecule has 2 aliphatic heterocycles. The summed E-state index contributed by atoms with van der Waals surface area (Å²) in [6, 6.07) is 6.86. The van der Waals surface area contributed by atoms with E-state index in [9.17, 15) is 14.4 Å². The first-order valence-electron chi connectivity index (χ1n) is 12.6. The van der Waals surface area contributed by atoms with Crippen LogP contribution in [-0.4, -0.2) is 102 Å². The third-order valence-electron chi connectivity index (χ3n) is 6.65. The second-order valence-corrected chi connectivity index (χ2v) is 9.24. The van der Waals surface area contributed by atoms with Crippen LogP contribution in [0.25, 0.3) is 0 Å². The van der Waals surface area contributed by atoms with E-state index in [0.717, 1.165) is 50.1 Å². The molecular weight excluding hydrogens is 462 g/mol. The fourth-order valence-electron chi connectivity index (χ4n) is 4.45. The van der Waals surface area contributed by atoms with E-state index in [0.29, 0.717) is 52.2 Å². The van der Waals surface area contributed by atoms with Gasteiger partial charge in [-0.05, 0) is 37.1 Å². The van der Waals surface area contributed by atoms with Crippen molar-refractivity contribution >= 4 is 29.6 Å². The third kappa shape index (κ3) is 8.59. The van der Waals surface area contributed by atoms with E-state index in [1.165, 1.54) is 0 Å². The Labute approximate surface area is 212 Å². The summed E-state index contributed by atoms with van der Waals surface area (Å²) in [5.74, 6) is 0.0339. The summed E-state index contributed by atoms with van der Waals surface area (Å²) in [7, 11) is 0. The van der Waals surface area contributed by atoms with Gasteiger partial charge >= 0.3 is 12.1 Å². The minimum atomic E-state index is -0.346. The molecule has 5 amide bonds. The minimum absolute atomic E-state index is 0.123. The fraction of sp³-hybridized carbons (Fsp3) is 0.583. The number of hydrogen-bond acceptors (Lipinski definition) is 5. The minimum Gasteiger partial charge on any atom is -0.370 e. The third-order valence-corrected chi connectivity index (χ3v) is 6.65. The van der Waals surface area contributed by atoms with Gasteiger partial charge in [-0.1, -0.05) is 18.6 Å². The standard InChI is InChI=1S/C24H39N9O3/c25-22(26)29-20-7-5-19(6-8-20)18-28-24(36)33-16-14-31(15-17-33)21(34)4-2-1-3-9-30-10-12-32(13-11-30)23(27)35/h5-8H,1-4,9-18H2,(H2,27,35)(H,28,36)(H4,25,26,29). The molecule has 0 aliphatic carbocycles. The van der Waals surface area contributed by atoms with E-state index < -0.39 is 0 Å². The zero-order valence-electron chi connectivity index (χ0n) is 20.9. The van der Waals surface area contributed by atoms with E-state index >= 15 is 0 Å². The Bertz CT molecular complexity index is 893. The van der Waals surface area contributed by atoms with Crippen molar-refractivity contribution in [2.45, 2.75) is 32.2 Å². The molecule has 198 valence electrons. The number of amides is 5. The Morgan fingerprint density at radius 2 is 1.42 bits per heavy atom. The number of carbonyl (C=O) groups excluding carboxylic acids is 3. The molecule has 0 radical (unpaired) electrons. The highest BCUT2D eigenvalue weighted by Gasteiger charge is 2.24. The largest absolute Gasteiger partial charge is 0.370 e. The van der Waals surface area contributed by atoms with Crippen LogP contribution in [0.3, 0.4) is 0 Å². The van der Waals surface area contributed by atoms with Gasteiger partial charge in [0.1, 0.15) is 0 Å². The van der Waals surface area contributed by atoms with Crippen molar-refractivity contribution in [2.75, 3.05) is 64.2 Å². The highest BCUT2D eigenvalue weighted by molar-refractivity contribution is 5.89. The smallest absolute Gasteiger partial charge is 0.317 e. The van der Waals surface area contributed by atoms with Crippen LogP contribution in [0.15, 0.2) is 24.3 Å². The molecule has 2 aliphatic rings. The Balaban J connectivity index is 1.25. The summed E-state index contributed by atoms with van der Waals surface area (Å²) in [4.78, 5) is 43.9. The van der Waals surface area contributed by atoms with Crippen molar-refractivity contribution in [1.29, 1.82) is 5.41 Å². The number of anilines is 1. The molecule has 0 saturated carbocycles. The predicted molar refractivity (Wildman–Crippen MR) is 138 cm³/mol. The number of guanidine groups is 1. The van der Waals surface area contributed by atoms with E-state index in [-0.39, 0.29) is 23.9 Å². The summed E-state index contributed by atoms with van der Waals surface area (Å²) < 4.78 is 0. The topological polar surface area (TPSA) is 164 Å². The number of unbranched alkanes of at least 4 members (excludes halogenated alkanes) is 2. The lowest BCUT2D eigenvalue weighted by Gasteiger charge is -2.35. The van der Waals surface area contributed by atoms with Gasteiger partial charge < -0.3 is 36.8 Å². The number of carbonyl (C=O) groups is 3. The Morgan fingerprint density at radius 3 is 2.03 bits per heavy atom. The second kappa shape index (κ2) is 13.5. The number of nitrogens with one attached hydrogen (secondary N) is 3. The fourth-order valence-corrected chi connectivity index (χ4v) is 4.45. The van der Waals surface area contributed by atoms with Crippen LogP contribution in [0, 0.1) is 5.41 Å². The second-order valence-electron chi connectivity index (χ2n) is 9.24. The zero-order chi connectivity index (χ0) is 25.9. The molecule has 2 saturated heterocycles. The number of benzene rings is 1. The lowest BCUT2D eigenvalue weighted by molar-refractivity contribution is -0.132. The molecule has 12 heteroatoms. The van der Waals surface area contributed by atoms with E-state index in [2.05, 4.69) is 15.5 Å². The van der Waals surface area contributed by atoms with Gasteiger partial charge in [0.05, 0.1) is 0 Å². The van der Waals surface area contributed by atoms with Crippen LogP contribution < -0.4 is 22.1 Å². The van der Waals surface area contributed by atoms with Crippen molar-refractivity contribution in [3.8, 4) is 0 Å². The molecule has 0 spiro atoms. The monoisotopic (exact) mass is 501 g/mol. The van der Waals surface area contributed by atoms with Crippen LogP contribution in [0.1, 0.15) is 31.2 Å². The average Bonchev–Trinajstić information content (AvgIpc) is 2.88. The van der Waals surface area contributed by atoms with Crippen LogP contribution in [0.5, 0.6) is 0 Å². The lowest BCUT2D eigenvalue weighted by Crippen LogP contribution is -2.53. The Kier molecular flexibility index (Phi) is 10.2. The van der Waals surface area contributed by atoms with Crippen LogP contribution in [-0.2, 0) is 11.3 Å². The molecule has 0 unspecified atom stereocenters. The number of urea groups is 2. The van der Waals surface area contributed by atoms with Crippen molar-refractivity contribution in [2.24, 2.45) is 11.5 Å². The number of rotatable bonds is 9. The van der Waals surface area contributed by atoms with Crippen molar-refractivity contribution in [3.05, 3.63) is 29.8 Å². The summed E-state index contributed by atoms with van der Waals surface area (Å²) in [5.41, 5.74) is 12.3. The van der Waals surface area contributed by atoms with E-state index in [1.807, 2.05) is 17.0 Å². The number of primary amides is 1. The van der Waals surface area contributed by atoms with E-state index in [1.54, 1.807) is 21.9 Å². The zero-order valence-corrected chi connectivity index (χ0v) is 20.9. The first-order chi connectivity index (χ1) is 17.3. The number of nitrogens with two attached hydrogens (primary N) is 2. The first-order valence-corrected chi connectivity index (χ1v) is 12.6. The summed E-state index contributed by atoms with van der Waals surface area (Å²) >= 11 is 0. The molecule has 36 heavy (non-hydrogen) atoms. The van der Waals surface area contributed by atoms with Crippen molar-refractivity contribution < 1.29 is 14.4 Å². The van der Waals surface area contributed by atoms with Gasteiger partial charge in [-0.25, -0.2) is 9.59 Å². The predicted octanol–water partition coefficient (Wildman–Crippen LogP) is 0.602. The van der Waals surface area contributed by atoms with Crippen LogP contribution in [0.4, 0.5) is 15.3 Å². The molecule has 1 aromatic rings. The normalized spacial score (nSPS) is 16.5. The van der Waals surface area contributed by atoms with Gasteiger partial charge in [0.2, 0.25) is 5.91 Å². The first kappa shape index (κ1) is 27.1. The summed E-state index contributed by atoms with van der Waals surface area (Å²) in [5, 5.41) is 12.9. The lowest BCUT2D eigenvalue weighted by atomic mass is 10.1. The Morgan fingerprint density at radius 1 is 0.806 bits per heavy atom. The molecule has 1 aromatic carbocycles. The number of piperazine rings is 2. The van der Waals surface area contributed by atoms with Crippen molar-refractivity contribution in [1.82, 2.24) is 24.9 Å². The van der Waals surface area contributed by atoms with Gasteiger partial charge in [-0.15, -0.1) is 0 Å². The maximum Gasteiger partial charge on any atom is 0.317 e. The summed E-state index contributed by atoms with van der Waals surface area (Å²) in [6.45, 7) is 6.62. The van der Waals surface area contributed by atoms with Gasteiger partial charge in [-0.2, -0.15) is 0 Å². The molecule has 0 atom stereocenters. The molecule has 2 fully saturated rings.